The lowest BCUT2D eigenvalue weighted by Gasteiger charge is -2.06. The summed E-state index contributed by atoms with van der Waals surface area (Å²) in [5.74, 6) is 0. The van der Waals surface area contributed by atoms with Gasteiger partial charge in [-0.2, -0.15) is 0 Å². The second kappa shape index (κ2) is 4.85. The lowest BCUT2D eigenvalue weighted by Crippen LogP contribution is -2.24. The van der Waals surface area contributed by atoms with E-state index in [4.69, 9.17) is 5.73 Å². The van der Waals surface area contributed by atoms with Crippen LogP contribution in [0.4, 0.5) is 21.0 Å². The number of anilines is 2. The van der Waals surface area contributed by atoms with Gasteiger partial charge in [-0.3, -0.25) is 0 Å². The molecule has 0 bridgehead atoms. The number of carbonyl (C=O) groups excluding carboxylic acids is 2. The van der Waals surface area contributed by atoms with Crippen molar-refractivity contribution in [3.8, 4) is 0 Å². The van der Waals surface area contributed by atoms with Crippen LogP contribution < -0.4 is 21.7 Å². The van der Waals surface area contributed by atoms with Gasteiger partial charge in [0, 0.05) is 18.4 Å². The molecule has 0 heterocycles. The molecule has 1 aromatic carbocycles. The molecule has 0 saturated carbocycles. The first-order valence-corrected chi connectivity index (χ1v) is 4.27. The highest BCUT2D eigenvalue weighted by molar-refractivity contribution is 5.92. The molecule has 0 atom stereocenters. The monoisotopic (exact) mass is 208 g/mol. The van der Waals surface area contributed by atoms with Crippen LogP contribution in [0, 0.1) is 0 Å². The van der Waals surface area contributed by atoms with Gasteiger partial charge < -0.3 is 21.7 Å². The summed E-state index contributed by atoms with van der Waals surface area (Å²) in [4.78, 5) is 21.6. The van der Waals surface area contributed by atoms with Crippen molar-refractivity contribution in [2.75, 3.05) is 17.7 Å². The summed E-state index contributed by atoms with van der Waals surface area (Å²) in [6.07, 6.45) is 0. The molecular weight excluding hydrogens is 196 g/mol. The Morgan fingerprint density at radius 1 is 1.20 bits per heavy atom. The van der Waals surface area contributed by atoms with E-state index in [1.54, 1.807) is 24.3 Å². The minimum atomic E-state index is -0.646. The summed E-state index contributed by atoms with van der Waals surface area (Å²) in [6, 6.07) is 5.68. The minimum absolute atomic E-state index is 0.328. The second-order valence-electron chi connectivity index (χ2n) is 2.77. The maximum absolute atomic E-state index is 11.0. The Hall–Kier alpha value is -2.24. The second-order valence-corrected chi connectivity index (χ2v) is 2.77. The molecule has 0 aliphatic carbocycles. The molecule has 15 heavy (non-hydrogen) atoms. The van der Waals surface area contributed by atoms with Gasteiger partial charge in [0.1, 0.15) is 0 Å². The van der Waals surface area contributed by atoms with Gasteiger partial charge in [0.25, 0.3) is 0 Å². The Balaban J connectivity index is 2.74. The van der Waals surface area contributed by atoms with Crippen LogP contribution in [0.3, 0.4) is 0 Å². The lowest BCUT2D eigenvalue weighted by molar-refractivity contribution is 0.254. The predicted octanol–water partition coefficient (Wildman–Crippen LogP) is 0.928. The van der Waals surface area contributed by atoms with E-state index in [-0.39, 0.29) is 6.03 Å². The smallest absolute Gasteiger partial charge is 0.318 e. The topological polar surface area (TPSA) is 96.2 Å². The average Bonchev–Trinajstić information content (AvgIpc) is 2.17. The maximum atomic E-state index is 11.0. The molecule has 6 heteroatoms. The van der Waals surface area contributed by atoms with Crippen molar-refractivity contribution in [3.63, 3.8) is 0 Å². The van der Waals surface area contributed by atoms with Crippen molar-refractivity contribution in [2.45, 2.75) is 0 Å². The van der Waals surface area contributed by atoms with Gasteiger partial charge >= 0.3 is 12.1 Å². The number of nitrogens with two attached hydrogens (primary N) is 1. The number of rotatable bonds is 2. The van der Waals surface area contributed by atoms with Crippen LogP contribution in [-0.4, -0.2) is 19.1 Å². The van der Waals surface area contributed by atoms with E-state index < -0.39 is 6.03 Å². The van der Waals surface area contributed by atoms with Gasteiger partial charge in [0.15, 0.2) is 0 Å². The normalized spacial score (nSPS) is 9.13. The van der Waals surface area contributed by atoms with Crippen LogP contribution in [0.25, 0.3) is 0 Å². The lowest BCUT2D eigenvalue weighted by atomic mass is 10.3. The quantitative estimate of drug-likeness (QED) is 0.581. The van der Waals surface area contributed by atoms with Gasteiger partial charge in [0.05, 0.1) is 0 Å². The Labute approximate surface area is 86.8 Å². The molecule has 0 aliphatic rings. The summed E-state index contributed by atoms with van der Waals surface area (Å²) in [7, 11) is 1.51. The zero-order valence-electron chi connectivity index (χ0n) is 8.20. The van der Waals surface area contributed by atoms with Crippen molar-refractivity contribution in [1.29, 1.82) is 0 Å². The third kappa shape index (κ3) is 3.55. The zero-order chi connectivity index (χ0) is 11.3. The predicted molar refractivity (Wildman–Crippen MR) is 57.7 cm³/mol. The molecule has 0 radical (unpaired) electrons. The average molecular weight is 208 g/mol. The zero-order valence-corrected chi connectivity index (χ0v) is 8.20. The third-order valence-electron chi connectivity index (χ3n) is 1.62. The van der Waals surface area contributed by atoms with E-state index >= 15 is 0 Å². The standard InChI is InChI=1S/C9H12N4O2/c1-11-9(15)13-7-4-2-3-6(5-7)12-8(10)14/h2-5H,1H3,(H3,10,12,14)(H2,11,13,15). The first-order valence-electron chi connectivity index (χ1n) is 4.27. The Kier molecular flexibility index (Phi) is 3.50. The van der Waals surface area contributed by atoms with Crippen LogP contribution >= 0.6 is 0 Å². The molecule has 80 valence electrons. The number of urea groups is 2. The molecule has 0 aliphatic heterocycles. The fourth-order valence-electron chi connectivity index (χ4n) is 1.01. The summed E-state index contributed by atoms with van der Waals surface area (Å²) in [5, 5.41) is 7.38. The summed E-state index contributed by atoms with van der Waals surface area (Å²) in [6.45, 7) is 0. The molecule has 1 aromatic rings. The molecule has 5 N–H and O–H groups in total. The van der Waals surface area contributed by atoms with E-state index in [9.17, 15) is 9.59 Å². The van der Waals surface area contributed by atoms with Crippen LogP contribution in [0.15, 0.2) is 24.3 Å². The first-order chi connectivity index (χ1) is 7.11. The SMILES string of the molecule is CNC(=O)Nc1cccc(NC(N)=O)c1. The van der Waals surface area contributed by atoms with Gasteiger partial charge in [-0.25, -0.2) is 9.59 Å². The number of carbonyl (C=O) groups is 2. The van der Waals surface area contributed by atoms with Crippen molar-refractivity contribution in [1.82, 2.24) is 5.32 Å². The molecule has 0 saturated heterocycles. The highest BCUT2D eigenvalue weighted by Crippen LogP contribution is 2.14. The van der Waals surface area contributed by atoms with Gasteiger partial charge in [-0.15, -0.1) is 0 Å². The number of amides is 4. The summed E-state index contributed by atoms with van der Waals surface area (Å²) in [5.41, 5.74) is 6.05. The number of hydrogen-bond donors (Lipinski definition) is 4. The number of benzene rings is 1. The highest BCUT2D eigenvalue weighted by atomic mass is 16.2. The van der Waals surface area contributed by atoms with Crippen LogP contribution in [0.2, 0.25) is 0 Å². The van der Waals surface area contributed by atoms with Crippen molar-refractivity contribution in [3.05, 3.63) is 24.3 Å². The molecule has 0 unspecified atom stereocenters. The largest absolute Gasteiger partial charge is 0.351 e. The Bertz CT molecular complexity index is 378. The Morgan fingerprint density at radius 2 is 1.80 bits per heavy atom. The maximum Gasteiger partial charge on any atom is 0.318 e. The number of primary amides is 1. The van der Waals surface area contributed by atoms with Crippen molar-refractivity contribution in [2.24, 2.45) is 5.73 Å². The number of hydrogen-bond acceptors (Lipinski definition) is 2. The van der Waals surface area contributed by atoms with E-state index in [2.05, 4.69) is 16.0 Å². The van der Waals surface area contributed by atoms with Crippen molar-refractivity contribution >= 4 is 23.4 Å². The molecule has 6 nitrogen and oxygen atoms in total. The minimum Gasteiger partial charge on any atom is -0.351 e. The van der Waals surface area contributed by atoms with Crippen LogP contribution in [0.1, 0.15) is 0 Å². The van der Waals surface area contributed by atoms with Gasteiger partial charge in [-0.05, 0) is 18.2 Å². The molecule has 0 spiro atoms. The van der Waals surface area contributed by atoms with Crippen LogP contribution in [0.5, 0.6) is 0 Å². The van der Waals surface area contributed by atoms with Crippen LogP contribution in [-0.2, 0) is 0 Å². The van der Waals surface area contributed by atoms with Crippen molar-refractivity contribution < 1.29 is 9.59 Å². The fourth-order valence-corrected chi connectivity index (χ4v) is 1.01. The molecule has 1 rings (SSSR count). The molecule has 0 aromatic heterocycles. The Morgan fingerprint density at radius 3 is 2.33 bits per heavy atom. The van der Waals surface area contributed by atoms with Gasteiger partial charge in [-0.1, -0.05) is 6.07 Å². The summed E-state index contributed by atoms with van der Waals surface area (Å²) >= 11 is 0. The molecule has 4 amide bonds. The molecule has 0 fully saturated rings. The van der Waals surface area contributed by atoms with E-state index in [1.807, 2.05) is 0 Å². The van der Waals surface area contributed by atoms with E-state index in [0.29, 0.717) is 11.4 Å². The summed E-state index contributed by atoms with van der Waals surface area (Å²) < 4.78 is 0. The fraction of sp³-hybridized carbons (Fsp3) is 0.111. The van der Waals surface area contributed by atoms with E-state index in [1.165, 1.54) is 7.05 Å². The third-order valence-corrected chi connectivity index (χ3v) is 1.62. The van der Waals surface area contributed by atoms with Gasteiger partial charge in [0.2, 0.25) is 0 Å². The first kappa shape index (κ1) is 10.8. The van der Waals surface area contributed by atoms with E-state index in [0.717, 1.165) is 0 Å². The molecular formula is C9H12N4O2. The highest BCUT2D eigenvalue weighted by Gasteiger charge is 2.00. The number of nitrogens with one attached hydrogen (secondary N) is 3.